The first-order valence-corrected chi connectivity index (χ1v) is 11.7. The Balaban J connectivity index is 1.37. The first-order chi connectivity index (χ1) is 14.2. The van der Waals surface area contributed by atoms with E-state index >= 15 is 0 Å². The molecular formula is C22H39N3O4. The van der Waals surface area contributed by atoms with Crippen LogP contribution < -0.4 is 0 Å². The van der Waals surface area contributed by atoms with Crippen LogP contribution in [0.2, 0.25) is 0 Å². The molecule has 7 heteroatoms. The molecule has 2 fully saturated rings. The summed E-state index contributed by atoms with van der Waals surface area (Å²) in [5.74, 6) is -0.546. The Morgan fingerprint density at radius 1 is 0.931 bits per heavy atom. The number of aryl methyl sites for hydroxylation is 1. The second-order valence-corrected chi connectivity index (χ2v) is 8.68. The number of hydrogen-bond donors (Lipinski definition) is 2. The SMILES string of the molecule is OCCCCCCCCCCn1cc([C@@H]2CCC[C@]3(CCC[C@@H](CO)O3)O2)nn1. The minimum atomic E-state index is -0.546. The summed E-state index contributed by atoms with van der Waals surface area (Å²) in [6, 6.07) is 0. The average molecular weight is 410 g/mol. The topological polar surface area (TPSA) is 89.6 Å². The standard InChI is InChI=1S/C22H39N3O4/c26-16-8-6-4-2-1-3-5-7-15-25-17-20(23-24-25)21-12-10-14-22(29-21)13-9-11-19(18-27)28-22/h17,19,21,26-27H,1-16,18H2/t19-,21-,22-/m0/s1. The van der Waals surface area contributed by atoms with Gasteiger partial charge in [0.25, 0.3) is 0 Å². The molecule has 1 aromatic heterocycles. The van der Waals surface area contributed by atoms with E-state index in [0.29, 0.717) is 6.61 Å². The summed E-state index contributed by atoms with van der Waals surface area (Å²) in [5, 5.41) is 26.9. The highest BCUT2D eigenvalue weighted by atomic mass is 16.7. The van der Waals surface area contributed by atoms with Gasteiger partial charge in [-0.25, -0.2) is 0 Å². The zero-order valence-corrected chi connectivity index (χ0v) is 17.8. The second kappa shape index (κ2) is 12.0. The maximum atomic E-state index is 9.46. The summed E-state index contributed by atoms with van der Waals surface area (Å²) < 4.78 is 14.4. The van der Waals surface area contributed by atoms with E-state index in [1.165, 1.54) is 32.1 Å². The van der Waals surface area contributed by atoms with Crippen LogP contribution in [0.25, 0.3) is 0 Å². The number of aromatic nitrogens is 3. The molecule has 166 valence electrons. The Kier molecular flexibility index (Phi) is 9.36. The van der Waals surface area contributed by atoms with Gasteiger partial charge in [-0.1, -0.05) is 43.7 Å². The van der Waals surface area contributed by atoms with Crippen LogP contribution in [0.5, 0.6) is 0 Å². The molecule has 2 aliphatic heterocycles. The number of aliphatic hydroxyl groups excluding tert-OH is 2. The van der Waals surface area contributed by atoms with Crippen LogP contribution in [-0.2, 0) is 16.0 Å². The van der Waals surface area contributed by atoms with Crippen molar-refractivity contribution in [2.45, 2.75) is 114 Å². The van der Waals surface area contributed by atoms with Crippen LogP contribution in [0.1, 0.15) is 102 Å². The van der Waals surface area contributed by atoms with Gasteiger partial charge in [-0.2, -0.15) is 0 Å². The molecule has 1 aromatic rings. The van der Waals surface area contributed by atoms with E-state index in [-0.39, 0.29) is 18.8 Å². The minimum absolute atomic E-state index is 0.0612. The monoisotopic (exact) mass is 409 g/mol. The quantitative estimate of drug-likeness (QED) is 0.509. The highest BCUT2D eigenvalue weighted by Gasteiger charge is 2.43. The van der Waals surface area contributed by atoms with Crippen LogP contribution in [0.15, 0.2) is 6.20 Å². The molecule has 2 saturated heterocycles. The molecule has 0 bridgehead atoms. The van der Waals surface area contributed by atoms with Crippen molar-refractivity contribution in [3.8, 4) is 0 Å². The van der Waals surface area contributed by atoms with Crippen LogP contribution >= 0.6 is 0 Å². The fourth-order valence-corrected chi connectivity index (χ4v) is 4.58. The van der Waals surface area contributed by atoms with Gasteiger partial charge in [0.15, 0.2) is 5.79 Å². The number of unbranched alkanes of at least 4 members (excludes halogenated alkanes) is 7. The Labute approximate surface area is 174 Å². The summed E-state index contributed by atoms with van der Waals surface area (Å²) in [7, 11) is 0. The maximum absolute atomic E-state index is 9.46. The minimum Gasteiger partial charge on any atom is -0.396 e. The van der Waals surface area contributed by atoms with E-state index in [1.807, 2.05) is 10.9 Å². The zero-order valence-electron chi connectivity index (χ0n) is 17.8. The van der Waals surface area contributed by atoms with Crippen molar-refractivity contribution in [3.63, 3.8) is 0 Å². The van der Waals surface area contributed by atoms with Gasteiger partial charge in [0.05, 0.1) is 18.9 Å². The zero-order chi connectivity index (χ0) is 20.4. The van der Waals surface area contributed by atoms with Gasteiger partial charge in [-0.05, 0) is 38.5 Å². The Bertz CT molecular complexity index is 578. The molecular weight excluding hydrogens is 370 g/mol. The highest BCUT2D eigenvalue weighted by Crippen LogP contribution is 2.43. The first kappa shape index (κ1) is 22.7. The smallest absolute Gasteiger partial charge is 0.169 e. The van der Waals surface area contributed by atoms with Gasteiger partial charge in [-0.3, -0.25) is 4.68 Å². The van der Waals surface area contributed by atoms with E-state index < -0.39 is 5.79 Å². The summed E-state index contributed by atoms with van der Waals surface area (Å²) in [6.45, 7) is 1.29. The van der Waals surface area contributed by atoms with E-state index in [4.69, 9.17) is 14.6 Å². The van der Waals surface area contributed by atoms with Crippen molar-refractivity contribution in [1.82, 2.24) is 15.0 Å². The van der Waals surface area contributed by atoms with Crippen LogP contribution in [0, 0.1) is 0 Å². The lowest BCUT2D eigenvalue weighted by atomic mass is 9.92. The molecule has 3 atom stereocenters. The van der Waals surface area contributed by atoms with Crippen molar-refractivity contribution >= 4 is 0 Å². The van der Waals surface area contributed by atoms with Crippen LogP contribution in [0.3, 0.4) is 0 Å². The van der Waals surface area contributed by atoms with E-state index in [9.17, 15) is 5.11 Å². The van der Waals surface area contributed by atoms with Crippen molar-refractivity contribution in [3.05, 3.63) is 11.9 Å². The predicted molar refractivity (Wildman–Crippen MR) is 110 cm³/mol. The lowest BCUT2D eigenvalue weighted by Gasteiger charge is -2.45. The Morgan fingerprint density at radius 3 is 2.34 bits per heavy atom. The fourth-order valence-electron chi connectivity index (χ4n) is 4.58. The Morgan fingerprint density at radius 2 is 1.62 bits per heavy atom. The van der Waals surface area contributed by atoms with Crippen molar-refractivity contribution < 1.29 is 19.7 Å². The van der Waals surface area contributed by atoms with Gasteiger partial charge in [-0.15, -0.1) is 5.10 Å². The van der Waals surface area contributed by atoms with E-state index in [2.05, 4.69) is 10.3 Å². The average Bonchev–Trinajstić information content (AvgIpc) is 3.22. The van der Waals surface area contributed by atoms with Gasteiger partial charge < -0.3 is 19.7 Å². The number of aliphatic hydroxyl groups is 2. The van der Waals surface area contributed by atoms with E-state index in [0.717, 1.165) is 70.0 Å². The second-order valence-electron chi connectivity index (χ2n) is 8.68. The Hall–Kier alpha value is -1.02. The first-order valence-electron chi connectivity index (χ1n) is 11.7. The van der Waals surface area contributed by atoms with Gasteiger partial charge in [0, 0.05) is 26.0 Å². The molecule has 0 unspecified atom stereocenters. The van der Waals surface area contributed by atoms with Crippen molar-refractivity contribution in [1.29, 1.82) is 0 Å². The normalized spacial score (nSPS) is 27.5. The molecule has 0 saturated carbocycles. The fraction of sp³-hybridized carbons (Fsp3) is 0.909. The molecule has 0 aliphatic carbocycles. The van der Waals surface area contributed by atoms with E-state index in [1.54, 1.807) is 0 Å². The maximum Gasteiger partial charge on any atom is 0.169 e. The van der Waals surface area contributed by atoms with Gasteiger partial charge >= 0.3 is 0 Å². The molecule has 7 nitrogen and oxygen atoms in total. The molecule has 0 aromatic carbocycles. The van der Waals surface area contributed by atoms with Gasteiger partial charge in [0.1, 0.15) is 11.8 Å². The molecule has 3 rings (SSSR count). The highest BCUT2D eigenvalue weighted by molar-refractivity contribution is 5.01. The molecule has 0 radical (unpaired) electrons. The summed E-state index contributed by atoms with van der Waals surface area (Å²) >= 11 is 0. The largest absolute Gasteiger partial charge is 0.396 e. The summed E-state index contributed by atoms with van der Waals surface area (Å²) in [4.78, 5) is 0. The van der Waals surface area contributed by atoms with Gasteiger partial charge in [0.2, 0.25) is 0 Å². The molecule has 2 N–H and O–H groups in total. The number of rotatable bonds is 12. The third-order valence-corrected chi connectivity index (χ3v) is 6.23. The molecule has 3 heterocycles. The lowest BCUT2D eigenvalue weighted by molar-refractivity contribution is -0.320. The third kappa shape index (κ3) is 7.02. The predicted octanol–water partition coefficient (Wildman–Crippen LogP) is 3.89. The summed E-state index contributed by atoms with van der Waals surface area (Å²) in [6.07, 6.45) is 17.1. The van der Waals surface area contributed by atoms with Crippen molar-refractivity contribution in [2.24, 2.45) is 0 Å². The van der Waals surface area contributed by atoms with Crippen LogP contribution in [-0.4, -0.2) is 50.3 Å². The van der Waals surface area contributed by atoms with Crippen LogP contribution in [0.4, 0.5) is 0 Å². The van der Waals surface area contributed by atoms with Crippen molar-refractivity contribution in [2.75, 3.05) is 13.2 Å². The third-order valence-electron chi connectivity index (χ3n) is 6.23. The summed E-state index contributed by atoms with van der Waals surface area (Å²) in [5.41, 5.74) is 0.905. The lowest BCUT2D eigenvalue weighted by Crippen LogP contribution is -2.47. The molecule has 29 heavy (non-hydrogen) atoms. The molecule has 1 spiro atoms. The molecule has 2 aliphatic rings. The molecule has 0 amide bonds. The number of hydrogen-bond acceptors (Lipinski definition) is 6. The number of ether oxygens (including phenoxy) is 2. The number of nitrogens with zero attached hydrogens (tertiary/aromatic N) is 3.